The third kappa shape index (κ3) is 2.01. The van der Waals surface area contributed by atoms with Crippen LogP contribution in [0.15, 0.2) is 11.6 Å². The number of aliphatic hydroxyl groups excluding tert-OH is 3. The topological polar surface area (TPSA) is 60.7 Å². The van der Waals surface area contributed by atoms with Crippen molar-refractivity contribution in [3.05, 3.63) is 11.6 Å². The van der Waals surface area contributed by atoms with Crippen LogP contribution in [0.4, 0.5) is 0 Å². The fourth-order valence-corrected chi connectivity index (χ4v) is 7.62. The second-order valence-corrected chi connectivity index (χ2v) is 9.68. The first-order chi connectivity index (χ1) is 11.3. The summed E-state index contributed by atoms with van der Waals surface area (Å²) in [5, 5.41) is 31.4. The lowest BCUT2D eigenvalue weighted by atomic mass is 9.43. The molecule has 4 aliphatic rings. The maximum atomic E-state index is 10.6. The smallest absolute Gasteiger partial charge is 0.0726 e. The van der Waals surface area contributed by atoms with Crippen LogP contribution in [0.1, 0.15) is 59.3 Å². The van der Waals surface area contributed by atoms with Crippen LogP contribution in [0.3, 0.4) is 0 Å². The first-order valence-corrected chi connectivity index (χ1v) is 10.0. The minimum Gasteiger partial charge on any atom is -0.395 e. The van der Waals surface area contributed by atoms with Crippen molar-refractivity contribution in [1.82, 2.24) is 0 Å². The minimum absolute atomic E-state index is 0.0795. The Bertz CT molecular complexity index is 543. The maximum absolute atomic E-state index is 10.6. The summed E-state index contributed by atoms with van der Waals surface area (Å²) in [4.78, 5) is 0. The Hall–Kier alpha value is -0.380. The van der Waals surface area contributed by atoms with Crippen molar-refractivity contribution in [3.8, 4) is 0 Å². The zero-order chi connectivity index (χ0) is 17.3. The van der Waals surface area contributed by atoms with Crippen molar-refractivity contribution in [1.29, 1.82) is 0 Å². The van der Waals surface area contributed by atoms with Gasteiger partial charge < -0.3 is 15.3 Å². The molecule has 0 heterocycles. The van der Waals surface area contributed by atoms with Gasteiger partial charge in [-0.2, -0.15) is 0 Å². The van der Waals surface area contributed by atoms with Gasteiger partial charge in [0.2, 0.25) is 0 Å². The molecule has 0 aromatic rings. The molecule has 136 valence electrons. The van der Waals surface area contributed by atoms with Gasteiger partial charge in [0, 0.05) is 5.41 Å². The molecule has 3 heteroatoms. The van der Waals surface area contributed by atoms with Gasteiger partial charge in [0.1, 0.15) is 0 Å². The van der Waals surface area contributed by atoms with Crippen molar-refractivity contribution >= 4 is 0 Å². The molecule has 0 amide bonds. The lowest BCUT2D eigenvalue weighted by Crippen LogP contribution is -2.58. The van der Waals surface area contributed by atoms with E-state index in [1.165, 1.54) is 5.57 Å². The summed E-state index contributed by atoms with van der Waals surface area (Å²) in [7, 11) is 0. The molecule has 9 atom stereocenters. The molecule has 0 aliphatic heterocycles. The highest BCUT2D eigenvalue weighted by molar-refractivity contribution is 5.30. The lowest BCUT2D eigenvalue weighted by molar-refractivity contribution is -0.118. The van der Waals surface area contributed by atoms with E-state index in [0.29, 0.717) is 29.6 Å². The van der Waals surface area contributed by atoms with Crippen LogP contribution in [0, 0.1) is 40.4 Å². The normalized spacial score (nSPS) is 56.9. The molecule has 0 radical (unpaired) electrons. The van der Waals surface area contributed by atoms with E-state index >= 15 is 0 Å². The van der Waals surface area contributed by atoms with Crippen LogP contribution in [-0.4, -0.2) is 34.1 Å². The van der Waals surface area contributed by atoms with E-state index in [0.717, 1.165) is 38.5 Å². The first-order valence-electron chi connectivity index (χ1n) is 10.0. The third-order valence-electron chi connectivity index (χ3n) is 8.85. The van der Waals surface area contributed by atoms with E-state index in [4.69, 9.17) is 0 Å². The average molecular weight is 335 g/mol. The summed E-state index contributed by atoms with van der Waals surface area (Å²) in [6, 6.07) is 0. The number of hydrogen-bond acceptors (Lipinski definition) is 3. The highest BCUT2D eigenvalue weighted by Crippen LogP contribution is 2.67. The average Bonchev–Trinajstić information content (AvgIpc) is 2.84. The standard InChI is InChI=1S/C21H34O3/c1-12-8-15-16-4-5-19(24)20(16,3)7-6-17(15)21(11-22)13(2)9-14(23)10-18(12)21/h10,12-17,19,22-24H,4-9,11H2,1-3H3/t12?,13?,14?,15-,16-,17+,19?,20-,21+/m0/s1. The quantitative estimate of drug-likeness (QED) is 0.646. The molecule has 4 rings (SSSR count). The molecule has 3 nitrogen and oxygen atoms in total. The van der Waals surface area contributed by atoms with Crippen LogP contribution in [-0.2, 0) is 0 Å². The van der Waals surface area contributed by atoms with E-state index in [-0.39, 0.29) is 29.6 Å². The van der Waals surface area contributed by atoms with Crippen molar-refractivity contribution < 1.29 is 15.3 Å². The largest absolute Gasteiger partial charge is 0.395 e. The Morgan fingerprint density at radius 2 is 1.83 bits per heavy atom. The molecule has 0 saturated heterocycles. The van der Waals surface area contributed by atoms with Crippen molar-refractivity contribution in [3.63, 3.8) is 0 Å². The van der Waals surface area contributed by atoms with Crippen LogP contribution in [0.5, 0.6) is 0 Å². The Morgan fingerprint density at radius 3 is 2.54 bits per heavy atom. The highest BCUT2D eigenvalue weighted by atomic mass is 16.3. The molecular weight excluding hydrogens is 300 g/mol. The fourth-order valence-electron chi connectivity index (χ4n) is 7.62. The second kappa shape index (κ2) is 5.56. The van der Waals surface area contributed by atoms with Crippen LogP contribution < -0.4 is 0 Å². The van der Waals surface area contributed by atoms with Gasteiger partial charge in [-0.15, -0.1) is 0 Å². The van der Waals surface area contributed by atoms with E-state index in [2.05, 4.69) is 26.8 Å². The Kier molecular flexibility index (Phi) is 3.95. The van der Waals surface area contributed by atoms with Crippen molar-refractivity contribution in [2.45, 2.75) is 71.5 Å². The zero-order valence-electron chi connectivity index (χ0n) is 15.4. The SMILES string of the molecule is CC1C[C@@H]2[C@@H](CC[C@]3(C)C(O)CC[C@@H]23)[C@]2(CO)C1=CC(O)CC2C. The summed E-state index contributed by atoms with van der Waals surface area (Å²) in [6.45, 7) is 7.04. The lowest BCUT2D eigenvalue weighted by Gasteiger charge is -2.62. The molecule has 0 aromatic heterocycles. The Morgan fingerprint density at radius 1 is 1.08 bits per heavy atom. The molecule has 0 spiro atoms. The number of hydrogen-bond donors (Lipinski definition) is 3. The monoisotopic (exact) mass is 334 g/mol. The molecule has 3 fully saturated rings. The van der Waals surface area contributed by atoms with Gasteiger partial charge in [-0.05, 0) is 73.5 Å². The van der Waals surface area contributed by atoms with Crippen LogP contribution in [0.2, 0.25) is 0 Å². The van der Waals surface area contributed by atoms with Crippen molar-refractivity contribution in [2.75, 3.05) is 6.61 Å². The maximum Gasteiger partial charge on any atom is 0.0726 e. The molecule has 4 unspecified atom stereocenters. The number of aliphatic hydroxyl groups is 3. The minimum atomic E-state index is -0.351. The summed E-state index contributed by atoms with van der Waals surface area (Å²) in [5.41, 5.74) is 1.27. The first kappa shape index (κ1) is 17.1. The predicted octanol–water partition coefficient (Wildman–Crippen LogP) is 3.14. The fraction of sp³-hybridized carbons (Fsp3) is 0.905. The summed E-state index contributed by atoms with van der Waals surface area (Å²) < 4.78 is 0. The van der Waals surface area contributed by atoms with Gasteiger partial charge in [-0.25, -0.2) is 0 Å². The molecular formula is C21H34O3. The van der Waals surface area contributed by atoms with E-state index in [1.54, 1.807) is 0 Å². The van der Waals surface area contributed by atoms with E-state index in [1.807, 2.05) is 0 Å². The van der Waals surface area contributed by atoms with Crippen molar-refractivity contribution in [2.24, 2.45) is 40.4 Å². The summed E-state index contributed by atoms with van der Waals surface area (Å²) in [5.74, 6) is 2.46. The molecule has 4 aliphatic carbocycles. The second-order valence-electron chi connectivity index (χ2n) is 9.68. The molecule has 3 saturated carbocycles. The molecule has 0 aromatic carbocycles. The number of fused-ring (bicyclic) bond motifs is 5. The van der Waals surface area contributed by atoms with Gasteiger partial charge >= 0.3 is 0 Å². The zero-order valence-corrected chi connectivity index (χ0v) is 15.4. The van der Waals surface area contributed by atoms with Crippen LogP contribution >= 0.6 is 0 Å². The molecule has 0 bridgehead atoms. The summed E-state index contributed by atoms with van der Waals surface area (Å²) >= 11 is 0. The predicted molar refractivity (Wildman–Crippen MR) is 94.2 cm³/mol. The summed E-state index contributed by atoms with van der Waals surface area (Å²) in [6.07, 6.45) is 7.79. The Labute approximate surface area is 146 Å². The third-order valence-corrected chi connectivity index (χ3v) is 8.85. The van der Waals surface area contributed by atoms with E-state index < -0.39 is 0 Å². The number of rotatable bonds is 1. The molecule has 24 heavy (non-hydrogen) atoms. The van der Waals surface area contributed by atoms with Gasteiger partial charge in [0.05, 0.1) is 18.8 Å². The van der Waals surface area contributed by atoms with Gasteiger partial charge in [0.25, 0.3) is 0 Å². The van der Waals surface area contributed by atoms with Gasteiger partial charge in [-0.1, -0.05) is 32.4 Å². The van der Waals surface area contributed by atoms with E-state index in [9.17, 15) is 15.3 Å². The van der Waals surface area contributed by atoms with Gasteiger partial charge in [-0.3, -0.25) is 0 Å². The molecule has 3 N–H and O–H groups in total. The van der Waals surface area contributed by atoms with Gasteiger partial charge in [0.15, 0.2) is 0 Å². The Balaban J connectivity index is 1.78. The highest BCUT2D eigenvalue weighted by Gasteiger charge is 2.62. The van der Waals surface area contributed by atoms with Crippen LogP contribution in [0.25, 0.3) is 0 Å².